The lowest BCUT2D eigenvalue weighted by molar-refractivity contribution is -0.385. The monoisotopic (exact) mass is 491 g/mol. The predicted octanol–water partition coefficient (Wildman–Crippen LogP) is 4.36. The Kier molecular flexibility index (Phi) is 10.1. The van der Waals surface area contributed by atoms with Crippen LogP contribution < -0.4 is 14.8 Å². The number of hydrogen-bond donors (Lipinski definition) is 1. The summed E-state index contributed by atoms with van der Waals surface area (Å²) in [5.74, 6) is -0.439. The number of amides is 2. The lowest BCUT2D eigenvalue weighted by atomic mass is 10.1. The number of nitrogens with zero attached hydrogens (tertiary/aromatic N) is 2. The molecule has 0 aromatic heterocycles. The molecule has 0 heterocycles. The highest BCUT2D eigenvalue weighted by Crippen LogP contribution is 2.31. The highest BCUT2D eigenvalue weighted by atomic mass is 35.5. The first kappa shape index (κ1) is 26.9. The molecule has 0 aliphatic heterocycles. The van der Waals surface area contributed by atoms with Crippen LogP contribution in [0.15, 0.2) is 42.5 Å². The number of carbonyl (C=O) groups excluding carboxylic acids is 2. The Morgan fingerprint density at radius 3 is 2.47 bits per heavy atom. The SMILES string of the molecule is CC[C@@H](C)NC(=O)[C@@H](CC)N(Cc1ccccc1Cl)C(=O)COc1ccc([N+](=O)[O-])c(OC)c1. The van der Waals surface area contributed by atoms with Crippen molar-refractivity contribution in [1.82, 2.24) is 10.2 Å². The van der Waals surface area contributed by atoms with E-state index < -0.39 is 16.9 Å². The highest BCUT2D eigenvalue weighted by molar-refractivity contribution is 6.31. The van der Waals surface area contributed by atoms with Gasteiger partial charge >= 0.3 is 5.69 Å². The Labute approximate surface area is 204 Å². The molecule has 2 rings (SSSR count). The molecule has 0 radical (unpaired) electrons. The number of nitrogens with one attached hydrogen (secondary N) is 1. The van der Waals surface area contributed by atoms with Gasteiger partial charge < -0.3 is 19.7 Å². The molecule has 0 saturated carbocycles. The summed E-state index contributed by atoms with van der Waals surface area (Å²) in [5, 5.41) is 14.5. The minimum atomic E-state index is -0.729. The Balaban J connectivity index is 2.26. The Morgan fingerprint density at radius 1 is 1.18 bits per heavy atom. The van der Waals surface area contributed by atoms with Gasteiger partial charge in [0.25, 0.3) is 5.91 Å². The third-order valence-corrected chi connectivity index (χ3v) is 5.76. The van der Waals surface area contributed by atoms with Crippen LogP contribution in [0.4, 0.5) is 5.69 Å². The molecule has 10 heteroatoms. The molecule has 0 saturated heterocycles. The van der Waals surface area contributed by atoms with Gasteiger partial charge in [0.15, 0.2) is 6.61 Å². The van der Waals surface area contributed by atoms with Crippen molar-refractivity contribution < 1.29 is 24.0 Å². The third kappa shape index (κ3) is 7.08. The van der Waals surface area contributed by atoms with E-state index in [1.54, 1.807) is 18.2 Å². The van der Waals surface area contributed by atoms with Crippen molar-refractivity contribution >= 4 is 29.1 Å². The minimum Gasteiger partial charge on any atom is -0.490 e. The predicted molar refractivity (Wildman–Crippen MR) is 129 cm³/mol. The number of rotatable bonds is 12. The molecule has 0 aliphatic rings. The molecule has 0 aliphatic carbocycles. The molecule has 0 fully saturated rings. The van der Waals surface area contributed by atoms with Crippen LogP contribution in [0.5, 0.6) is 11.5 Å². The van der Waals surface area contributed by atoms with Gasteiger partial charge in [0.2, 0.25) is 11.7 Å². The van der Waals surface area contributed by atoms with Crippen molar-refractivity contribution in [3.63, 3.8) is 0 Å². The normalized spacial score (nSPS) is 12.4. The molecule has 2 aromatic rings. The van der Waals surface area contributed by atoms with Crippen molar-refractivity contribution in [2.75, 3.05) is 13.7 Å². The molecule has 1 N–H and O–H groups in total. The van der Waals surface area contributed by atoms with Crippen molar-refractivity contribution in [2.45, 2.75) is 52.2 Å². The fourth-order valence-corrected chi connectivity index (χ4v) is 3.49. The zero-order valence-corrected chi connectivity index (χ0v) is 20.5. The largest absolute Gasteiger partial charge is 0.490 e. The van der Waals surface area contributed by atoms with Crippen molar-refractivity contribution in [3.8, 4) is 11.5 Å². The van der Waals surface area contributed by atoms with Crippen LogP contribution in [-0.4, -0.2) is 47.4 Å². The third-order valence-electron chi connectivity index (χ3n) is 5.40. The molecule has 0 bridgehead atoms. The molecule has 184 valence electrons. The van der Waals surface area contributed by atoms with Gasteiger partial charge in [-0.25, -0.2) is 0 Å². The number of nitro benzene ring substituents is 1. The molecular weight excluding hydrogens is 462 g/mol. The number of carbonyl (C=O) groups is 2. The van der Waals surface area contributed by atoms with Gasteiger partial charge in [0, 0.05) is 29.7 Å². The second-order valence-electron chi connectivity index (χ2n) is 7.73. The van der Waals surface area contributed by atoms with E-state index in [0.717, 1.165) is 6.42 Å². The van der Waals surface area contributed by atoms with Crippen molar-refractivity contribution in [2.24, 2.45) is 0 Å². The molecule has 0 unspecified atom stereocenters. The van der Waals surface area contributed by atoms with Gasteiger partial charge in [-0.05, 0) is 37.5 Å². The quantitative estimate of drug-likeness (QED) is 0.349. The van der Waals surface area contributed by atoms with Gasteiger partial charge in [-0.15, -0.1) is 0 Å². The van der Waals surface area contributed by atoms with Gasteiger partial charge in [-0.3, -0.25) is 19.7 Å². The van der Waals surface area contributed by atoms with Gasteiger partial charge in [-0.1, -0.05) is 43.6 Å². The van der Waals surface area contributed by atoms with Crippen molar-refractivity contribution in [3.05, 3.63) is 63.2 Å². The van der Waals surface area contributed by atoms with E-state index in [9.17, 15) is 19.7 Å². The molecule has 2 aromatic carbocycles. The van der Waals surface area contributed by atoms with Gasteiger partial charge in [-0.2, -0.15) is 0 Å². The molecule has 0 spiro atoms. The first-order valence-electron chi connectivity index (χ1n) is 11.0. The van der Waals surface area contributed by atoms with Crippen molar-refractivity contribution in [1.29, 1.82) is 0 Å². The Hall–Kier alpha value is -3.33. The van der Waals surface area contributed by atoms with E-state index >= 15 is 0 Å². The van der Waals surface area contributed by atoms with E-state index in [-0.39, 0.29) is 42.3 Å². The first-order chi connectivity index (χ1) is 16.2. The van der Waals surface area contributed by atoms with Crippen LogP contribution >= 0.6 is 11.6 Å². The fraction of sp³-hybridized carbons (Fsp3) is 0.417. The smallest absolute Gasteiger partial charge is 0.311 e. The lowest BCUT2D eigenvalue weighted by Crippen LogP contribution is -2.51. The number of hydrogen-bond acceptors (Lipinski definition) is 6. The van der Waals surface area contributed by atoms with Crippen LogP contribution in [0.1, 0.15) is 39.2 Å². The summed E-state index contributed by atoms with van der Waals surface area (Å²) in [7, 11) is 1.31. The van der Waals surface area contributed by atoms with Gasteiger partial charge in [0.1, 0.15) is 11.8 Å². The number of methoxy groups -OCH3 is 1. The summed E-state index contributed by atoms with van der Waals surface area (Å²) < 4.78 is 10.7. The average Bonchev–Trinajstić information content (AvgIpc) is 2.82. The zero-order valence-electron chi connectivity index (χ0n) is 19.7. The van der Waals surface area contributed by atoms with Crippen LogP contribution in [0.3, 0.4) is 0 Å². The summed E-state index contributed by atoms with van der Waals surface area (Å²) in [6, 6.07) is 10.3. The minimum absolute atomic E-state index is 0.0160. The second-order valence-corrected chi connectivity index (χ2v) is 8.14. The van der Waals surface area contributed by atoms with E-state index in [1.165, 1.54) is 30.2 Å². The topological polar surface area (TPSA) is 111 Å². The highest BCUT2D eigenvalue weighted by Gasteiger charge is 2.30. The molecule has 2 atom stereocenters. The summed E-state index contributed by atoms with van der Waals surface area (Å²) in [4.78, 5) is 38.2. The molecule has 34 heavy (non-hydrogen) atoms. The van der Waals surface area contributed by atoms with E-state index in [1.807, 2.05) is 26.8 Å². The van der Waals surface area contributed by atoms with E-state index in [0.29, 0.717) is 17.0 Å². The summed E-state index contributed by atoms with van der Waals surface area (Å²) >= 11 is 6.32. The number of nitro groups is 1. The summed E-state index contributed by atoms with van der Waals surface area (Å²) in [5.41, 5.74) is 0.485. The average molecular weight is 492 g/mol. The number of halogens is 1. The van der Waals surface area contributed by atoms with Crippen LogP contribution in [0, 0.1) is 10.1 Å². The van der Waals surface area contributed by atoms with Crippen LogP contribution in [-0.2, 0) is 16.1 Å². The van der Waals surface area contributed by atoms with Gasteiger partial charge in [0.05, 0.1) is 12.0 Å². The standard InChI is InChI=1S/C24H30ClN3O6/c1-5-16(3)26-24(30)20(6-2)27(14-17-9-7-8-10-19(17)25)23(29)15-34-18-11-12-21(28(31)32)22(13-18)33-4/h7-13,16,20H,5-6,14-15H2,1-4H3,(H,26,30)/t16-,20-/m1/s1. The number of benzene rings is 2. The number of ether oxygens (including phenoxy) is 2. The molecule has 2 amide bonds. The zero-order chi connectivity index (χ0) is 25.3. The second kappa shape index (κ2) is 12.8. The fourth-order valence-electron chi connectivity index (χ4n) is 3.30. The molecule has 9 nitrogen and oxygen atoms in total. The van der Waals surface area contributed by atoms with E-state index in [2.05, 4.69) is 5.32 Å². The maximum Gasteiger partial charge on any atom is 0.311 e. The Morgan fingerprint density at radius 2 is 1.88 bits per heavy atom. The van der Waals surface area contributed by atoms with E-state index in [4.69, 9.17) is 21.1 Å². The van der Waals surface area contributed by atoms with Crippen LogP contribution in [0.25, 0.3) is 0 Å². The Bertz CT molecular complexity index is 1020. The molecular formula is C24H30ClN3O6. The summed E-state index contributed by atoms with van der Waals surface area (Å²) in [6.07, 6.45) is 1.15. The summed E-state index contributed by atoms with van der Waals surface area (Å²) in [6.45, 7) is 5.44. The maximum absolute atomic E-state index is 13.3. The lowest BCUT2D eigenvalue weighted by Gasteiger charge is -2.31. The maximum atomic E-state index is 13.3. The van der Waals surface area contributed by atoms with Crippen LogP contribution in [0.2, 0.25) is 5.02 Å². The first-order valence-corrected chi connectivity index (χ1v) is 11.4.